The average Bonchev–Trinajstić information content (AvgIpc) is 2.36. The Morgan fingerprint density at radius 2 is 1.83 bits per heavy atom. The second-order valence-electron chi connectivity index (χ2n) is 3.42. The van der Waals surface area contributed by atoms with E-state index in [1.807, 2.05) is 13.8 Å². The summed E-state index contributed by atoms with van der Waals surface area (Å²) in [5.41, 5.74) is 0.339. The quantitative estimate of drug-likeness (QED) is 0.565. The Hall–Kier alpha value is -1.10. The van der Waals surface area contributed by atoms with Crippen molar-refractivity contribution < 1.29 is 19.0 Å². The van der Waals surface area contributed by atoms with Crippen LogP contribution in [0.1, 0.15) is 24.2 Å². The summed E-state index contributed by atoms with van der Waals surface area (Å²) in [5.74, 6) is -0.481. The van der Waals surface area contributed by atoms with E-state index >= 15 is 0 Å². The van der Waals surface area contributed by atoms with Crippen LogP contribution < -0.4 is 0 Å². The van der Waals surface area contributed by atoms with Crippen LogP contribution in [0.3, 0.4) is 0 Å². The highest BCUT2D eigenvalue weighted by molar-refractivity contribution is 6.33. The van der Waals surface area contributed by atoms with Gasteiger partial charge in [-0.2, -0.15) is 0 Å². The van der Waals surface area contributed by atoms with E-state index in [0.717, 1.165) is 0 Å². The highest BCUT2D eigenvalue weighted by Crippen LogP contribution is 2.16. The van der Waals surface area contributed by atoms with Crippen LogP contribution >= 0.6 is 11.6 Å². The zero-order chi connectivity index (χ0) is 13.4. The molecule has 0 aliphatic carbocycles. The monoisotopic (exact) mass is 272 g/mol. The Bertz CT molecular complexity index is 375. The number of carbonyl (C=O) groups excluding carboxylic acids is 1. The standard InChI is InChI=1S/C13H17ClO4/c1-3-16-12(17-4-2)9-18-13(15)10-7-5-6-8-11(10)14/h5-8,12H,3-4,9H2,1-2H3. The van der Waals surface area contributed by atoms with Crippen molar-refractivity contribution in [2.75, 3.05) is 19.8 Å². The van der Waals surface area contributed by atoms with Crippen molar-refractivity contribution in [3.63, 3.8) is 0 Å². The summed E-state index contributed by atoms with van der Waals surface area (Å²) < 4.78 is 15.6. The van der Waals surface area contributed by atoms with Crippen molar-refractivity contribution in [2.24, 2.45) is 0 Å². The van der Waals surface area contributed by atoms with E-state index in [1.54, 1.807) is 24.3 Å². The lowest BCUT2D eigenvalue weighted by molar-refractivity contribution is -0.158. The first kappa shape index (κ1) is 15.0. The maximum Gasteiger partial charge on any atom is 0.339 e. The van der Waals surface area contributed by atoms with Crippen molar-refractivity contribution in [3.05, 3.63) is 34.9 Å². The van der Waals surface area contributed by atoms with E-state index in [0.29, 0.717) is 23.8 Å². The molecule has 0 N–H and O–H groups in total. The van der Waals surface area contributed by atoms with Gasteiger partial charge in [-0.25, -0.2) is 4.79 Å². The molecule has 0 atom stereocenters. The normalized spacial score (nSPS) is 10.7. The number of benzene rings is 1. The fraction of sp³-hybridized carbons (Fsp3) is 0.462. The first-order chi connectivity index (χ1) is 8.69. The molecule has 0 aliphatic heterocycles. The number of rotatable bonds is 7. The fourth-order valence-corrected chi connectivity index (χ4v) is 1.58. The summed E-state index contributed by atoms with van der Waals surface area (Å²) >= 11 is 5.89. The van der Waals surface area contributed by atoms with Gasteiger partial charge in [-0.15, -0.1) is 0 Å². The van der Waals surface area contributed by atoms with Gasteiger partial charge >= 0.3 is 5.97 Å². The lowest BCUT2D eigenvalue weighted by Gasteiger charge is -2.16. The van der Waals surface area contributed by atoms with Gasteiger partial charge in [0.25, 0.3) is 0 Å². The second-order valence-corrected chi connectivity index (χ2v) is 3.83. The molecule has 5 heteroatoms. The number of hydrogen-bond donors (Lipinski definition) is 0. The predicted molar refractivity (Wildman–Crippen MR) is 68.8 cm³/mol. The average molecular weight is 273 g/mol. The third kappa shape index (κ3) is 4.64. The predicted octanol–water partition coefficient (Wildman–Crippen LogP) is 2.90. The van der Waals surface area contributed by atoms with E-state index in [-0.39, 0.29) is 6.61 Å². The SMILES string of the molecule is CCOC(COC(=O)c1ccccc1Cl)OCC. The van der Waals surface area contributed by atoms with Crippen LogP contribution in [0.2, 0.25) is 5.02 Å². The largest absolute Gasteiger partial charge is 0.457 e. The first-order valence-electron chi connectivity index (χ1n) is 5.83. The minimum absolute atomic E-state index is 0.0474. The van der Waals surface area contributed by atoms with E-state index in [1.165, 1.54) is 0 Å². The molecule has 0 aromatic heterocycles. The molecule has 100 valence electrons. The Morgan fingerprint density at radius 3 is 2.39 bits per heavy atom. The smallest absolute Gasteiger partial charge is 0.339 e. The second kappa shape index (κ2) is 8.08. The maximum absolute atomic E-state index is 11.8. The van der Waals surface area contributed by atoms with Gasteiger partial charge in [0.15, 0.2) is 6.29 Å². The zero-order valence-corrected chi connectivity index (χ0v) is 11.3. The Balaban J connectivity index is 2.52. The molecule has 1 rings (SSSR count). The first-order valence-corrected chi connectivity index (χ1v) is 6.21. The summed E-state index contributed by atoms with van der Waals surface area (Å²) in [5, 5.41) is 0.367. The Labute approximate surface area is 112 Å². The lowest BCUT2D eigenvalue weighted by Crippen LogP contribution is -2.25. The summed E-state index contributed by atoms with van der Waals surface area (Å²) in [7, 11) is 0. The third-order valence-electron chi connectivity index (χ3n) is 2.15. The molecule has 0 aliphatic rings. The van der Waals surface area contributed by atoms with Crippen LogP contribution in [-0.2, 0) is 14.2 Å². The van der Waals surface area contributed by atoms with Gasteiger partial charge in [0.2, 0.25) is 0 Å². The summed E-state index contributed by atoms with van der Waals surface area (Å²) in [6, 6.07) is 6.73. The third-order valence-corrected chi connectivity index (χ3v) is 2.48. The zero-order valence-electron chi connectivity index (χ0n) is 10.5. The summed E-state index contributed by atoms with van der Waals surface area (Å²) in [6.07, 6.45) is -0.536. The molecule has 0 amide bonds. The fourth-order valence-electron chi connectivity index (χ4n) is 1.36. The molecule has 0 heterocycles. The molecular formula is C13H17ClO4. The van der Waals surface area contributed by atoms with Crippen LogP contribution in [-0.4, -0.2) is 32.1 Å². The number of carbonyl (C=O) groups is 1. The Morgan fingerprint density at radius 1 is 1.22 bits per heavy atom. The molecule has 0 saturated carbocycles. The van der Waals surface area contributed by atoms with Crippen molar-refractivity contribution >= 4 is 17.6 Å². The molecule has 18 heavy (non-hydrogen) atoms. The number of halogens is 1. The number of hydrogen-bond acceptors (Lipinski definition) is 4. The van der Waals surface area contributed by atoms with E-state index in [2.05, 4.69) is 0 Å². The van der Waals surface area contributed by atoms with Crippen LogP contribution in [0.5, 0.6) is 0 Å². The highest BCUT2D eigenvalue weighted by atomic mass is 35.5. The van der Waals surface area contributed by atoms with Gasteiger partial charge in [0.05, 0.1) is 10.6 Å². The molecule has 1 aromatic rings. The highest BCUT2D eigenvalue weighted by Gasteiger charge is 2.15. The Kier molecular flexibility index (Phi) is 6.72. The van der Waals surface area contributed by atoms with Crippen LogP contribution in [0, 0.1) is 0 Å². The van der Waals surface area contributed by atoms with Gasteiger partial charge < -0.3 is 14.2 Å². The summed E-state index contributed by atoms with van der Waals surface area (Å²) in [6.45, 7) is 4.73. The van der Waals surface area contributed by atoms with Gasteiger partial charge in [-0.1, -0.05) is 23.7 Å². The number of ether oxygens (including phenoxy) is 3. The van der Waals surface area contributed by atoms with Gasteiger partial charge in [0.1, 0.15) is 6.61 Å². The molecular weight excluding hydrogens is 256 g/mol. The van der Waals surface area contributed by atoms with Crippen LogP contribution in [0.25, 0.3) is 0 Å². The van der Waals surface area contributed by atoms with Crippen LogP contribution in [0.15, 0.2) is 24.3 Å². The van der Waals surface area contributed by atoms with E-state index in [9.17, 15) is 4.79 Å². The summed E-state index contributed by atoms with van der Waals surface area (Å²) in [4.78, 5) is 11.8. The molecule has 0 fully saturated rings. The van der Waals surface area contributed by atoms with Gasteiger partial charge in [0, 0.05) is 13.2 Å². The van der Waals surface area contributed by atoms with Crippen molar-refractivity contribution in [1.29, 1.82) is 0 Å². The molecule has 0 spiro atoms. The minimum atomic E-state index is -0.536. The van der Waals surface area contributed by atoms with Crippen molar-refractivity contribution in [1.82, 2.24) is 0 Å². The van der Waals surface area contributed by atoms with Gasteiger partial charge in [-0.05, 0) is 26.0 Å². The lowest BCUT2D eigenvalue weighted by atomic mass is 10.2. The van der Waals surface area contributed by atoms with Crippen LogP contribution in [0.4, 0.5) is 0 Å². The maximum atomic E-state index is 11.8. The van der Waals surface area contributed by atoms with Crippen molar-refractivity contribution in [3.8, 4) is 0 Å². The van der Waals surface area contributed by atoms with Gasteiger partial charge in [-0.3, -0.25) is 0 Å². The molecule has 0 saturated heterocycles. The molecule has 0 unspecified atom stereocenters. The molecule has 0 bridgehead atoms. The molecule has 0 radical (unpaired) electrons. The van der Waals surface area contributed by atoms with Crippen molar-refractivity contribution in [2.45, 2.75) is 20.1 Å². The molecule has 1 aromatic carbocycles. The minimum Gasteiger partial charge on any atom is -0.457 e. The number of esters is 1. The van der Waals surface area contributed by atoms with E-state index < -0.39 is 12.3 Å². The van der Waals surface area contributed by atoms with E-state index in [4.69, 9.17) is 25.8 Å². The molecule has 4 nitrogen and oxygen atoms in total. The topological polar surface area (TPSA) is 44.8 Å².